The predicted octanol–water partition coefficient (Wildman–Crippen LogP) is 2.17. The van der Waals surface area contributed by atoms with Crippen molar-refractivity contribution in [1.29, 1.82) is 0 Å². The molecule has 3 rings (SSSR count). The number of halogens is 2. The Hall–Kier alpha value is -3.19. The fourth-order valence-electron chi connectivity index (χ4n) is 2.64. The van der Waals surface area contributed by atoms with Crippen molar-refractivity contribution in [3.63, 3.8) is 0 Å². The van der Waals surface area contributed by atoms with E-state index in [-0.39, 0.29) is 18.9 Å². The third-order valence-electron chi connectivity index (χ3n) is 4.14. The van der Waals surface area contributed by atoms with Crippen molar-refractivity contribution >= 4 is 17.5 Å². The summed E-state index contributed by atoms with van der Waals surface area (Å²) in [5.41, 5.74) is 0.241. The molecule has 144 valence electrons. The molecule has 8 heteroatoms. The van der Waals surface area contributed by atoms with Crippen LogP contribution in [0.5, 0.6) is 0 Å². The first-order valence-corrected chi connectivity index (χ1v) is 8.86. The van der Waals surface area contributed by atoms with Gasteiger partial charge in [-0.3, -0.25) is 18.7 Å². The summed E-state index contributed by atoms with van der Waals surface area (Å²) in [6, 6.07) is 14.0. The second kappa shape index (κ2) is 8.67. The molecule has 0 saturated heterocycles. The lowest BCUT2D eigenvalue weighted by molar-refractivity contribution is -0.121. The quantitative estimate of drug-likeness (QED) is 0.688. The lowest BCUT2D eigenvalue weighted by atomic mass is 10.2. The van der Waals surface area contributed by atoms with E-state index >= 15 is 0 Å². The number of hydrogen-bond donors (Lipinski definition) is 1. The van der Waals surface area contributed by atoms with E-state index in [0.717, 1.165) is 10.1 Å². The Morgan fingerprint density at radius 3 is 2.46 bits per heavy atom. The monoisotopic (exact) mass is 401 g/mol. The molecule has 0 aliphatic rings. The number of aromatic nitrogens is 2. The van der Waals surface area contributed by atoms with Crippen LogP contribution in [0.25, 0.3) is 0 Å². The van der Waals surface area contributed by atoms with Gasteiger partial charge in [0.25, 0.3) is 5.56 Å². The summed E-state index contributed by atoms with van der Waals surface area (Å²) in [4.78, 5) is 36.8. The topological polar surface area (TPSA) is 73.1 Å². The molecule has 0 atom stereocenters. The minimum Gasteiger partial charge on any atom is -0.350 e. The van der Waals surface area contributed by atoms with Gasteiger partial charge in [-0.25, -0.2) is 9.18 Å². The van der Waals surface area contributed by atoms with Crippen molar-refractivity contribution < 1.29 is 9.18 Å². The minimum atomic E-state index is -0.607. The van der Waals surface area contributed by atoms with Gasteiger partial charge in [-0.15, -0.1) is 0 Å². The molecule has 1 N–H and O–H groups in total. The number of carbonyl (C=O) groups is 1. The molecule has 0 radical (unpaired) electrons. The summed E-state index contributed by atoms with van der Waals surface area (Å²) in [5.74, 6) is -0.871. The minimum absolute atomic E-state index is 0.161. The first-order chi connectivity index (χ1) is 13.4. The molecule has 0 bridgehead atoms. The van der Waals surface area contributed by atoms with Gasteiger partial charge in [0.05, 0.1) is 6.54 Å². The highest BCUT2D eigenvalue weighted by atomic mass is 35.5. The molecular weight excluding hydrogens is 385 g/mol. The molecule has 0 saturated carbocycles. The zero-order valence-electron chi connectivity index (χ0n) is 14.8. The number of benzene rings is 2. The zero-order valence-corrected chi connectivity index (χ0v) is 15.5. The Morgan fingerprint density at radius 1 is 1.04 bits per heavy atom. The maximum atomic E-state index is 12.9. The van der Waals surface area contributed by atoms with E-state index in [4.69, 9.17) is 11.6 Å². The molecule has 3 aromatic rings. The second-order valence-corrected chi connectivity index (χ2v) is 6.55. The molecule has 1 amide bonds. The third kappa shape index (κ3) is 4.75. The van der Waals surface area contributed by atoms with Crippen LogP contribution in [0, 0.1) is 5.82 Å². The molecule has 0 aliphatic carbocycles. The fraction of sp³-hybridized carbons (Fsp3) is 0.150. The lowest BCUT2D eigenvalue weighted by Crippen LogP contribution is -2.43. The molecule has 1 heterocycles. The fourth-order valence-corrected chi connectivity index (χ4v) is 2.83. The molecule has 0 aliphatic heterocycles. The molecule has 0 spiro atoms. The zero-order chi connectivity index (χ0) is 20.1. The van der Waals surface area contributed by atoms with Crippen LogP contribution >= 0.6 is 11.6 Å². The van der Waals surface area contributed by atoms with Crippen molar-refractivity contribution in [2.45, 2.75) is 19.6 Å². The average Bonchev–Trinajstić information content (AvgIpc) is 2.68. The first-order valence-electron chi connectivity index (χ1n) is 8.49. The van der Waals surface area contributed by atoms with Gasteiger partial charge in [-0.2, -0.15) is 0 Å². The van der Waals surface area contributed by atoms with Gasteiger partial charge >= 0.3 is 5.69 Å². The van der Waals surface area contributed by atoms with Crippen molar-refractivity contribution in [2.24, 2.45) is 0 Å². The van der Waals surface area contributed by atoms with E-state index in [1.165, 1.54) is 29.0 Å². The van der Waals surface area contributed by atoms with E-state index in [0.29, 0.717) is 10.6 Å². The highest BCUT2D eigenvalue weighted by Crippen LogP contribution is 2.15. The normalized spacial score (nSPS) is 10.6. The Bertz CT molecular complexity index is 1110. The van der Waals surface area contributed by atoms with E-state index in [1.54, 1.807) is 36.4 Å². The summed E-state index contributed by atoms with van der Waals surface area (Å²) in [5, 5.41) is 3.11. The van der Waals surface area contributed by atoms with E-state index in [2.05, 4.69) is 5.32 Å². The third-order valence-corrected chi connectivity index (χ3v) is 4.51. The van der Waals surface area contributed by atoms with Crippen molar-refractivity contribution in [3.05, 3.63) is 104 Å². The smallest absolute Gasteiger partial charge is 0.331 e. The molecule has 6 nitrogen and oxygen atoms in total. The van der Waals surface area contributed by atoms with Gasteiger partial charge in [0.1, 0.15) is 12.4 Å². The van der Waals surface area contributed by atoms with E-state index < -0.39 is 23.7 Å². The van der Waals surface area contributed by atoms with Gasteiger partial charge in [0.2, 0.25) is 5.91 Å². The lowest BCUT2D eigenvalue weighted by Gasteiger charge is -2.11. The molecule has 2 aromatic carbocycles. The number of rotatable bonds is 6. The molecule has 28 heavy (non-hydrogen) atoms. The highest BCUT2D eigenvalue weighted by Gasteiger charge is 2.11. The highest BCUT2D eigenvalue weighted by molar-refractivity contribution is 6.31. The van der Waals surface area contributed by atoms with Gasteiger partial charge in [0, 0.05) is 23.8 Å². The number of hydrogen-bond acceptors (Lipinski definition) is 3. The van der Waals surface area contributed by atoms with Crippen LogP contribution in [-0.2, 0) is 24.4 Å². The Labute approximate surface area is 164 Å². The van der Waals surface area contributed by atoms with Gasteiger partial charge in [-0.1, -0.05) is 41.9 Å². The predicted molar refractivity (Wildman–Crippen MR) is 104 cm³/mol. The number of nitrogens with one attached hydrogen (secondary N) is 1. The molecule has 0 unspecified atom stereocenters. The standard InChI is InChI=1S/C20H17ClFN3O3/c21-17-4-2-1-3-15(17)12-24-10-9-19(27)25(20(24)28)13-18(26)23-11-14-5-7-16(22)8-6-14/h1-10H,11-13H2,(H,23,26). The Kier molecular flexibility index (Phi) is 6.06. The molecule has 0 fully saturated rings. The summed E-state index contributed by atoms with van der Waals surface area (Å²) in [6.07, 6.45) is 1.38. The summed E-state index contributed by atoms with van der Waals surface area (Å²) >= 11 is 6.12. The van der Waals surface area contributed by atoms with Crippen LogP contribution in [0.1, 0.15) is 11.1 Å². The van der Waals surface area contributed by atoms with Gasteiger partial charge in [-0.05, 0) is 29.3 Å². The summed E-state index contributed by atoms with van der Waals surface area (Å²) in [6.45, 7) is -0.0767. The van der Waals surface area contributed by atoms with Gasteiger partial charge < -0.3 is 5.32 Å². The van der Waals surface area contributed by atoms with E-state index in [9.17, 15) is 18.8 Å². The van der Waals surface area contributed by atoms with Crippen LogP contribution in [0.2, 0.25) is 5.02 Å². The maximum Gasteiger partial charge on any atom is 0.331 e. The van der Waals surface area contributed by atoms with Gasteiger partial charge in [0.15, 0.2) is 0 Å². The first kappa shape index (κ1) is 19.6. The number of amides is 1. The van der Waals surface area contributed by atoms with Crippen LogP contribution in [0.3, 0.4) is 0 Å². The van der Waals surface area contributed by atoms with Crippen molar-refractivity contribution in [1.82, 2.24) is 14.5 Å². The summed E-state index contributed by atoms with van der Waals surface area (Å²) in [7, 11) is 0. The summed E-state index contributed by atoms with van der Waals surface area (Å²) < 4.78 is 15.1. The average molecular weight is 402 g/mol. The maximum absolute atomic E-state index is 12.9. The Balaban J connectivity index is 1.73. The number of carbonyl (C=O) groups excluding carboxylic acids is 1. The SMILES string of the molecule is O=C(Cn1c(=O)ccn(Cc2ccccc2Cl)c1=O)NCc1ccc(F)cc1. The van der Waals surface area contributed by atoms with Crippen LogP contribution < -0.4 is 16.6 Å². The van der Waals surface area contributed by atoms with Crippen LogP contribution in [-0.4, -0.2) is 15.0 Å². The van der Waals surface area contributed by atoms with E-state index in [1.807, 2.05) is 0 Å². The largest absolute Gasteiger partial charge is 0.350 e. The number of nitrogens with zero attached hydrogens (tertiary/aromatic N) is 2. The van der Waals surface area contributed by atoms with Crippen LogP contribution in [0.4, 0.5) is 4.39 Å². The van der Waals surface area contributed by atoms with Crippen molar-refractivity contribution in [3.8, 4) is 0 Å². The van der Waals surface area contributed by atoms with Crippen molar-refractivity contribution in [2.75, 3.05) is 0 Å². The Morgan fingerprint density at radius 2 is 1.75 bits per heavy atom. The van der Waals surface area contributed by atoms with Crippen LogP contribution in [0.15, 0.2) is 70.4 Å². The molecular formula is C20H17ClFN3O3. The molecule has 1 aromatic heterocycles. The second-order valence-electron chi connectivity index (χ2n) is 6.15.